The van der Waals surface area contributed by atoms with Crippen LogP contribution in [0.1, 0.15) is 53.4 Å². The van der Waals surface area contributed by atoms with Crippen LogP contribution in [-0.2, 0) is 4.79 Å². The molecule has 110 valence electrons. The molecular formula is C14H26N2O3. The van der Waals surface area contributed by atoms with E-state index in [0.717, 1.165) is 19.3 Å². The summed E-state index contributed by atoms with van der Waals surface area (Å²) in [6.45, 7) is 8.02. The number of carboxylic acid groups (broad SMARTS) is 1. The molecule has 0 bridgehead atoms. The summed E-state index contributed by atoms with van der Waals surface area (Å²) >= 11 is 0. The molecule has 1 fully saturated rings. The number of nitrogens with one attached hydrogen (secondary N) is 2. The van der Waals surface area contributed by atoms with E-state index in [4.69, 9.17) is 5.11 Å². The van der Waals surface area contributed by atoms with E-state index < -0.39 is 12.0 Å². The van der Waals surface area contributed by atoms with Gasteiger partial charge in [0.1, 0.15) is 6.04 Å². The Morgan fingerprint density at radius 3 is 2.47 bits per heavy atom. The summed E-state index contributed by atoms with van der Waals surface area (Å²) in [4.78, 5) is 23.1. The fraction of sp³-hybridized carbons (Fsp3) is 0.857. The zero-order chi connectivity index (χ0) is 14.6. The molecule has 5 nitrogen and oxygen atoms in total. The number of urea groups is 1. The van der Waals surface area contributed by atoms with Gasteiger partial charge in [-0.05, 0) is 24.2 Å². The fourth-order valence-corrected chi connectivity index (χ4v) is 2.62. The van der Waals surface area contributed by atoms with Gasteiger partial charge in [-0.1, -0.05) is 40.5 Å². The Morgan fingerprint density at radius 1 is 1.42 bits per heavy atom. The van der Waals surface area contributed by atoms with Gasteiger partial charge in [0.25, 0.3) is 0 Å². The van der Waals surface area contributed by atoms with Crippen molar-refractivity contribution in [1.29, 1.82) is 0 Å². The lowest BCUT2D eigenvalue weighted by atomic mass is 9.87. The van der Waals surface area contributed by atoms with Crippen molar-refractivity contribution in [2.24, 2.45) is 11.3 Å². The number of hydrogen-bond donors (Lipinski definition) is 3. The van der Waals surface area contributed by atoms with Crippen LogP contribution in [0, 0.1) is 11.3 Å². The SMILES string of the molecule is CCC(C)C(NC(=O)NC1CCCC1(C)C)C(=O)O. The predicted molar refractivity (Wildman–Crippen MR) is 74.0 cm³/mol. The number of rotatable bonds is 5. The number of aliphatic carboxylic acids is 1. The van der Waals surface area contributed by atoms with Crippen LogP contribution < -0.4 is 10.6 Å². The van der Waals surface area contributed by atoms with Crippen LogP contribution in [0.3, 0.4) is 0 Å². The molecule has 0 aromatic carbocycles. The van der Waals surface area contributed by atoms with Crippen molar-refractivity contribution in [3.05, 3.63) is 0 Å². The number of carbonyl (C=O) groups excluding carboxylic acids is 1. The van der Waals surface area contributed by atoms with Crippen LogP contribution in [0.15, 0.2) is 0 Å². The van der Waals surface area contributed by atoms with Crippen molar-refractivity contribution in [2.45, 2.75) is 65.5 Å². The summed E-state index contributed by atoms with van der Waals surface area (Å²) in [5.74, 6) is -1.06. The number of hydrogen-bond acceptors (Lipinski definition) is 2. The van der Waals surface area contributed by atoms with Crippen LogP contribution in [-0.4, -0.2) is 29.2 Å². The lowest BCUT2D eigenvalue weighted by molar-refractivity contribution is -0.140. The van der Waals surface area contributed by atoms with Crippen molar-refractivity contribution in [2.75, 3.05) is 0 Å². The highest BCUT2D eigenvalue weighted by atomic mass is 16.4. The minimum absolute atomic E-state index is 0.0835. The highest BCUT2D eigenvalue weighted by Gasteiger charge is 2.36. The third-order valence-electron chi connectivity index (χ3n) is 4.33. The van der Waals surface area contributed by atoms with E-state index in [0.29, 0.717) is 6.42 Å². The predicted octanol–water partition coefficient (Wildman–Crippen LogP) is 2.36. The fourth-order valence-electron chi connectivity index (χ4n) is 2.62. The minimum atomic E-state index is -0.977. The normalized spacial score (nSPS) is 24.5. The van der Waals surface area contributed by atoms with Gasteiger partial charge in [0.2, 0.25) is 0 Å². The topological polar surface area (TPSA) is 78.4 Å². The van der Waals surface area contributed by atoms with Crippen molar-refractivity contribution in [3.63, 3.8) is 0 Å². The Kier molecular flexibility index (Phi) is 5.20. The molecule has 5 heteroatoms. The van der Waals surface area contributed by atoms with E-state index in [2.05, 4.69) is 24.5 Å². The first-order chi connectivity index (χ1) is 8.77. The van der Waals surface area contributed by atoms with E-state index in [9.17, 15) is 9.59 Å². The molecular weight excluding hydrogens is 244 g/mol. The average molecular weight is 270 g/mol. The van der Waals surface area contributed by atoms with Crippen LogP contribution in [0.2, 0.25) is 0 Å². The van der Waals surface area contributed by atoms with E-state index in [1.54, 1.807) is 0 Å². The van der Waals surface area contributed by atoms with E-state index >= 15 is 0 Å². The highest BCUT2D eigenvalue weighted by Crippen LogP contribution is 2.37. The second kappa shape index (κ2) is 6.26. The molecule has 19 heavy (non-hydrogen) atoms. The van der Waals surface area contributed by atoms with Gasteiger partial charge in [-0.25, -0.2) is 9.59 Å². The second-order valence-electron chi connectivity index (χ2n) is 6.25. The summed E-state index contributed by atoms with van der Waals surface area (Å²) in [6.07, 6.45) is 3.87. The average Bonchev–Trinajstić information content (AvgIpc) is 2.64. The molecule has 0 heterocycles. The number of carbonyl (C=O) groups is 2. The van der Waals surface area contributed by atoms with Crippen molar-refractivity contribution in [1.82, 2.24) is 10.6 Å². The van der Waals surface area contributed by atoms with Crippen LogP contribution >= 0.6 is 0 Å². The maximum Gasteiger partial charge on any atom is 0.326 e. The Balaban J connectivity index is 2.56. The Hall–Kier alpha value is -1.26. The molecule has 0 aromatic rings. The van der Waals surface area contributed by atoms with Crippen molar-refractivity contribution < 1.29 is 14.7 Å². The molecule has 3 unspecified atom stereocenters. The van der Waals surface area contributed by atoms with Gasteiger partial charge in [0.05, 0.1) is 0 Å². The first-order valence-electron chi connectivity index (χ1n) is 7.07. The van der Waals surface area contributed by atoms with Crippen molar-refractivity contribution in [3.8, 4) is 0 Å². The molecule has 1 aliphatic carbocycles. The summed E-state index contributed by atoms with van der Waals surface area (Å²) in [6, 6.07) is -1.07. The maximum absolute atomic E-state index is 11.9. The number of amides is 2. The second-order valence-corrected chi connectivity index (χ2v) is 6.25. The summed E-state index contributed by atoms with van der Waals surface area (Å²) in [7, 11) is 0. The molecule has 1 rings (SSSR count). The summed E-state index contributed by atoms with van der Waals surface area (Å²) in [5, 5.41) is 14.6. The first-order valence-corrected chi connectivity index (χ1v) is 7.07. The zero-order valence-electron chi connectivity index (χ0n) is 12.3. The molecule has 3 N–H and O–H groups in total. The van der Waals surface area contributed by atoms with Gasteiger partial charge in [0, 0.05) is 6.04 Å². The highest BCUT2D eigenvalue weighted by molar-refractivity contribution is 5.82. The minimum Gasteiger partial charge on any atom is -0.480 e. The van der Waals surface area contributed by atoms with E-state index in [1.165, 1.54) is 0 Å². The van der Waals surface area contributed by atoms with Gasteiger partial charge in [-0.3, -0.25) is 0 Å². The Bertz CT molecular complexity index is 342. The van der Waals surface area contributed by atoms with Crippen LogP contribution in [0.25, 0.3) is 0 Å². The molecule has 3 atom stereocenters. The zero-order valence-corrected chi connectivity index (χ0v) is 12.3. The van der Waals surface area contributed by atoms with Crippen molar-refractivity contribution >= 4 is 12.0 Å². The van der Waals surface area contributed by atoms with Gasteiger partial charge in [0.15, 0.2) is 0 Å². The molecule has 0 radical (unpaired) electrons. The largest absolute Gasteiger partial charge is 0.480 e. The summed E-state index contributed by atoms with van der Waals surface area (Å²) < 4.78 is 0. The lowest BCUT2D eigenvalue weighted by Crippen LogP contribution is -2.53. The quantitative estimate of drug-likeness (QED) is 0.717. The smallest absolute Gasteiger partial charge is 0.326 e. The molecule has 0 saturated heterocycles. The molecule has 0 aromatic heterocycles. The number of carboxylic acids is 1. The Labute approximate surface area is 115 Å². The molecule has 1 aliphatic rings. The third kappa shape index (κ3) is 4.11. The molecule has 1 saturated carbocycles. The van der Waals surface area contributed by atoms with Gasteiger partial charge in [-0.2, -0.15) is 0 Å². The monoisotopic (exact) mass is 270 g/mol. The Morgan fingerprint density at radius 2 is 2.05 bits per heavy atom. The molecule has 0 aliphatic heterocycles. The third-order valence-corrected chi connectivity index (χ3v) is 4.33. The lowest BCUT2D eigenvalue weighted by Gasteiger charge is -2.29. The molecule has 0 spiro atoms. The van der Waals surface area contributed by atoms with Crippen LogP contribution in [0.5, 0.6) is 0 Å². The maximum atomic E-state index is 11.9. The van der Waals surface area contributed by atoms with Gasteiger partial charge in [-0.15, -0.1) is 0 Å². The first kappa shape index (κ1) is 15.8. The van der Waals surface area contributed by atoms with E-state index in [-0.39, 0.29) is 23.4 Å². The van der Waals surface area contributed by atoms with E-state index in [1.807, 2.05) is 13.8 Å². The summed E-state index contributed by atoms with van der Waals surface area (Å²) in [5.41, 5.74) is 0.0897. The van der Waals surface area contributed by atoms with Gasteiger partial charge < -0.3 is 15.7 Å². The standard InChI is InChI=1S/C14H26N2O3/c1-5-9(2)11(12(17)18)16-13(19)15-10-7-6-8-14(10,3)4/h9-11H,5-8H2,1-4H3,(H,17,18)(H2,15,16,19). The van der Waals surface area contributed by atoms with Gasteiger partial charge >= 0.3 is 12.0 Å². The van der Waals surface area contributed by atoms with Crippen LogP contribution in [0.4, 0.5) is 4.79 Å². The molecule has 2 amide bonds.